The first-order chi connectivity index (χ1) is 5.75. The van der Waals surface area contributed by atoms with E-state index in [1.54, 1.807) is 0 Å². The summed E-state index contributed by atoms with van der Waals surface area (Å²) in [6, 6.07) is 0. The second-order valence-electron chi connectivity index (χ2n) is 3.93. The smallest absolute Gasteiger partial charge is 0.0646 e. The predicted octanol–water partition coefficient (Wildman–Crippen LogP) is 1.90. The number of nitrogens with zero attached hydrogens (tertiary/aromatic N) is 1. The van der Waals surface area contributed by atoms with Crippen molar-refractivity contribution in [2.45, 2.75) is 38.1 Å². The van der Waals surface area contributed by atoms with Crippen molar-refractivity contribution in [1.29, 1.82) is 0 Å². The van der Waals surface area contributed by atoms with E-state index in [1.807, 2.05) is 7.11 Å². The molecule has 1 fully saturated rings. The summed E-state index contributed by atoms with van der Waals surface area (Å²) in [5, 5.41) is 0. The van der Waals surface area contributed by atoms with Crippen LogP contribution in [0.4, 0.5) is 0 Å². The summed E-state index contributed by atoms with van der Waals surface area (Å²) in [5.41, 5.74) is 0.365. The highest BCUT2D eigenvalue weighted by Gasteiger charge is 2.37. The van der Waals surface area contributed by atoms with E-state index in [0.29, 0.717) is 5.54 Å². The van der Waals surface area contributed by atoms with E-state index in [4.69, 9.17) is 4.74 Å². The molecule has 0 N–H and O–H groups in total. The van der Waals surface area contributed by atoms with Gasteiger partial charge in [-0.3, -0.25) is 4.90 Å². The molecule has 1 rings (SSSR count). The van der Waals surface area contributed by atoms with Crippen molar-refractivity contribution < 1.29 is 4.74 Å². The van der Waals surface area contributed by atoms with Crippen LogP contribution in [0.2, 0.25) is 0 Å². The van der Waals surface area contributed by atoms with E-state index in [2.05, 4.69) is 18.9 Å². The minimum atomic E-state index is 0.365. The summed E-state index contributed by atoms with van der Waals surface area (Å²) in [5.74, 6) is 0. The van der Waals surface area contributed by atoms with Crippen molar-refractivity contribution in [2.24, 2.45) is 0 Å². The SMILES string of the molecule is CCCC1(COC)CCCN1C. The average molecular weight is 171 g/mol. The maximum absolute atomic E-state index is 5.31. The summed E-state index contributed by atoms with van der Waals surface area (Å²) in [7, 11) is 4.03. The normalized spacial score (nSPS) is 31.2. The minimum Gasteiger partial charge on any atom is -0.383 e. The third-order valence-electron chi connectivity index (χ3n) is 3.07. The molecule has 0 bridgehead atoms. The third-order valence-corrected chi connectivity index (χ3v) is 3.07. The summed E-state index contributed by atoms with van der Waals surface area (Å²) in [6.45, 7) is 4.39. The molecule has 1 unspecified atom stereocenters. The number of hydrogen-bond acceptors (Lipinski definition) is 2. The highest BCUT2D eigenvalue weighted by Crippen LogP contribution is 2.32. The monoisotopic (exact) mass is 171 g/mol. The fraction of sp³-hybridized carbons (Fsp3) is 1.00. The highest BCUT2D eigenvalue weighted by molar-refractivity contribution is 4.93. The first kappa shape index (κ1) is 10.0. The standard InChI is InChI=1S/C10H21NO/c1-4-6-10(9-12-3)7-5-8-11(10)2/h4-9H2,1-3H3. The van der Waals surface area contributed by atoms with Gasteiger partial charge in [-0.25, -0.2) is 0 Å². The van der Waals surface area contributed by atoms with E-state index < -0.39 is 0 Å². The lowest BCUT2D eigenvalue weighted by molar-refractivity contribution is 0.0461. The molecule has 72 valence electrons. The van der Waals surface area contributed by atoms with Gasteiger partial charge in [0.05, 0.1) is 6.61 Å². The zero-order valence-electron chi connectivity index (χ0n) is 8.60. The lowest BCUT2D eigenvalue weighted by Crippen LogP contribution is -2.45. The van der Waals surface area contributed by atoms with Crippen molar-refractivity contribution in [3.63, 3.8) is 0 Å². The molecule has 0 radical (unpaired) electrons. The second kappa shape index (κ2) is 4.24. The Hall–Kier alpha value is -0.0800. The predicted molar refractivity (Wildman–Crippen MR) is 51.4 cm³/mol. The van der Waals surface area contributed by atoms with Gasteiger partial charge in [-0.05, 0) is 32.9 Å². The van der Waals surface area contributed by atoms with E-state index in [1.165, 1.54) is 32.2 Å². The molecule has 2 heteroatoms. The molecule has 1 aliphatic rings. The van der Waals surface area contributed by atoms with Crippen LogP contribution in [0.1, 0.15) is 32.6 Å². The quantitative estimate of drug-likeness (QED) is 0.640. The van der Waals surface area contributed by atoms with E-state index in [9.17, 15) is 0 Å². The topological polar surface area (TPSA) is 12.5 Å². The maximum Gasteiger partial charge on any atom is 0.0646 e. The van der Waals surface area contributed by atoms with Crippen LogP contribution in [0.3, 0.4) is 0 Å². The van der Waals surface area contributed by atoms with Crippen molar-refractivity contribution in [2.75, 3.05) is 27.3 Å². The van der Waals surface area contributed by atoms with Gasteiger partial charge < -0.3 is 4.74 Å². The number of methoxy groups -OCH3 is 1. The van der Waals surface area contributed by atoms with E-state index >= 15 is 0 Å². The molecule has 1 atom stereocenters. The zero-order valence-corrected chi connectivity index (χ0v) is 8.60. The number of hydrogen-bond donors (Lipinski definition) is 0. The summed E-state index contributed by atoms with van der Waals surface area (Å²) >= 11 is 0. The first-order valence-corrected chi connectivity index (χ1v) is 4.95. The Balaban J connectivity index is 2.57. The Morgan fingerprint density at radius 3 is 2.67 bits per heavy atom. The van der Waals surface area contributed by atoms with Crippen LogP contribution in [0.5, 0.6) is 0 Å². The Morgan fingerprint density at radius 1 is 1.50 bits per heavy atom. The van der Waals surface area contributed by atoms with Crippen LogP contribution in [0.15, 0.2) is 0 Å². The first-order valence-electron chi connectivity index (χ1n) is 4.95. The molecule has 0 aromatic carbocycles. The lowest BCUT2D eigenvalue weighted by Gasteiger charge is -2.35. The second-order valence-corrected chi connectivity index (χ2v) is 3.93. The molecule has 0 aromatic rings. The fourth-order valence-corrected chi connectivity index (χ4v) is 2.38. The van der Waals surface area contributed by atoms with Gasteiger partial charge in [0, 0.05) is 12.6 Å². The lowest BCUT2D eigenvalue weighted by atomic mass is 9.92. The van der Waals surface area contributed by atoms with Crippen molar-refractivity contribution in [3.8, 4) is 0 Å². The zero-order chi connectivity index (χ0) is 9.03. The minimum absolute atomic E-state index is 0.365. The molecule has 1 aliphatic heterocycles. The van der Waals surface area contributed by atoms with Gasteiger partial charge in [-0.15, -0.1) is 0 Å². The number of likely N-dealkylation sites (tertiary alicyclic amines) is 1. The van der Waals surface area contributed by atoms with Crippen molar-refractivity contribution >= 4 is 0 Å². The van der Waals surface area contributed by atoms with Gasteiger partial charge in [0.1, 0.15) is 0 Å². The molecule has 0 saturated carbocycles. The molecule has 1 saturated heterocycles. The van der Waals surface area contributed by atoms with Gasteiger partial charge >= 0.3 is 0 Å². The van der Waals surface area contributed by atoms with Crippen LogP contribution >= 0.6 is 0 Å². The number of rotatable bonds is 4. The molecule has 0 amide bonds. The Morgan fingerprint density at radius 2 is 2.25 bits per heavy atom. The molecule has 2 nitrogen and oxygen atoms in total. The molecule has 0 aliphatic carbocycles. The molecular weight excluding hydrogens is 150 g/mol. The summed E-state index contributed by atoms with van der Waals surface area (Å²) in [4.78, 5) is 2.47. The largest absolute Gasteiger partial charge is 0.383 e. The van der Waals surface area contributed by atoms with Crippen LogP contribution in [0, 0.1) is 0 Å². The Kier molecular flexibility index (Phi) is 3.53. The third kappa shape index (κ3) is 1.80. The Labute approximate surface area is 75.9 Å². The van der Waals surface area contributed by atoms with Crippen LogP contribution in [0.25, 0.3) is 0 Å². The average Bonchev–Trinajstić information content (AvgIpc) is 2.35. The number of likely N-dealkylation sites (N-methyl/N-ethyl adjacent to an activating group) is 1. The highest BCUT2D eigenvalue weighted by atomic mass is 16.5. The molecule has 12 heavy (non-hydrogen) atoms. The van der Waals surface area contributed by atoms with E-state index in [0.717, 1.165) is 6.61 Å². The molecule has 1 heterocycles. The van der Waals surface area contributed by atoms with Gasteiger partial charge in [0.2, 0.25) is 0 Å². The van der Waals surface area contributed by atoms with Gasteiger partial charge in [-0.2, -0.15) is 0 Å². The van der Waals surface area contributed by atoms with Crippen LogP contribution in [-0.4, -0.2) is 37.7 Å². The molecule has 0 aromatic heterocycles. The van der Waals surface area contributed by atoms with Crippen LogP contribution < -0.4 is 0 Å². The maximum atomic E-state index is 5.31. The Bertz CT molecular complexity index is 130. The van der Waals surface area contributed by atoms with E-state index in [-0.39, 0.29) is 0 Å². The van der Waals surface area contributed by atoms with Crippen molar-refractivity contribution in [3.05, 3.63) is 0 Å². The van der Waals surface area contributed by atoms with Gasteiger partial charge in [0.25, 0.3) is 0 Å². The number of ether oxygens (including phenoxy) is 1. The van der Waals surface area contributed by atoms with Crippen molar-refractivity contribution in [1.82, 2.24) is 4.90 Å². The van der Waals surface area contributed by atoms with Gasteiger partial charge in [0.15, 0.2) is 0 Å². The summed E-state index contributed by atoms with van der Waals surface area (Å²) in [6.07, 6.45) is 5.18. The summed E-state index contributed by atoms with van der Waals surface area (Å²) < 4.78 is 5.31. The fourth-order valence-electron chi connectivity index (χ4n) is 2.38. The van der Waals surface area contributed by atoms with Crippen LogP contribution in [-0.2, 0) is 4.74 Å². The molecule has 0 spiro atoms. The van der Waals surface area contributed by atoms with Gasteiger partial charge in [-0.1, -0.05) is 13.3 Å². The molecular formula is C10H21NO.